The summed E-state index contributed by atoms with van der Waals surface area (Å²) in [7, 11) is 0. The number of likely N-dealkylation sites (tertiary alicyclic amines) is 1. The average Bonchev–Trinajstić information content (AvgIpc) is 2.54. The Morgan fingerprint density at radius 1 is 1.12 bits per heavy atom. The Balaban J connectivity index is 1.91. The Morgan fingerprint density at radius 3 is 2.27 bits per heavy atom. The Hall–Kier alpha value is -1.14. The van der Waals surface area contributed by atoms with Gasteiger partial charge in [0.15, 0.2) is 0 Å². The van der Waals surface area contributed by atoms with Crippen LogP contribution in [0.15, 0.2) is 0 Å². The molecule has 0 radical (unpaired) electrons. The molecule has 1 amide bonds. The van der Waals surface area contributed by atoms with Crippen molar-refractivity contribution in [1.29, 1.82) is 0 Å². The first-order chi connectivity index (χ1) is 12.0. The van der Waals surface area contributed by atoms with Crippen molar-refractivity contribution < 1.29 is 19.1 Å². The van der Waals surface area contributed by atoms with Crippen molar-refractivity contribution in [3.63, 3.8) is 0 Å². The van der Waals surface area contributed by atoms with E-state index in [4.69, 9.17) is 9.47 Å². The van der Waals surface area contributed by atoms with E-state index in [1.54, 1.807) is 0 Å². The standard InChI is InChI=1S/C20H36N2O4/c1-7-25-17(24)19(4,5)20(6)8-10-22(11-9-20)16(23)14-21-12-13-26-18(2,3)15-21/h7-15H2,1-6H3. The number of piperidine rings is 1. The van der Waals surface area contributed by atoms with Gasteiger partial charge in [0.25, 0.3) is 0 Å². The molecule has 150 valence electrons. The van der Waals surface area contributed by atoms with E-state index in [1.807, 2.05) is 25.7 Å². The monoisotopic (exact) mass is 368 g/mol. The number of ether oxygens (including phenoxy) is 2. The number of hydrogen-bond donors (Lipinski definition) is 0. The van der Waals surface area contributed by atoms with Crippen LogP contribution in [0.5, 0.6) is 0 Å². The van der Waals surface area contributed by atoms with Crippen LogP contribution in [-0.4, -0.2) is 73.2 Å². The summed E-state index contributed by atoms with van der Waals surface area (Å²) in [6.07, 6.45) is 1.64. The molecule has 2 rings (SSSR count). The topological polar surface area (TPSA) is 59.1 Å². The van der Waals surface area contributed by atoms with Gasteiger partial charge in [0.2, 0.25) is 5.91 Å². The number of carbonyl (C=O) groups excluding carboxylic acids is 2. The largest absolute Gasteiger partial charge is 0.466 e. The van der Waals surface area contributed by atoms with Gasteiger partial charge in [-0.1, -0.05) is 6.92 Å². The normalized spacial score (nSPS) is 23.5. The van der Waals surface area contributed by atoms with Crippen LogP contribution in [0.25, 0.3) is 0 Å². The second-order valence-corrected chi connectivity index (χ2v) is 9.11. The minimum absolute atomic E-state index is 0.141. The third-order valence-corrected chi connectivity index (χ3v) is 6.38. The van der Waals surface area contributed by atoms with Crippen LogP contribution in [0.2, 0.25) is 0 Å². The molecule has 2 heterocycles. The molecule has 0 spiro atoms. The molecule has 6 nitrogen and oxygen atoms in total. The van der Waals surface area contributed by atoms with E-state index in [1.165, 1.54) is 0 Å². The van der Waals surface area contributed by atoms with Crippen LogP contribution < -0.4 is 0 Å². The molecule has 2 aliphatic heterocycles. The third kappa shape index (κ3) is 4.58. The van der Waals surface area contributed by atoms with E-state index >= 15 is 0 Å². The molecule has 2 saturated heterocycles. The first-order valence-corrected chi connectivity index (χ1v) is 9.82. The average molecular weight is 369 g/mol. The number of rotatable bonds is 5. The first-order valence-electron chi connectivity index (χ1n) is 9.82. The third-order valence-electron chi connectivity index (χ3n) is 6.38. The summed E-state index contributed by atoms with van der Waals surface area (Å²) in [6, 6.07) is 0. The zero-order chi connectivity index (χ0) is 19.6. The lowest BCUT2D eigenvalue weighted by atomic mass is 9.61. The molecular formula is C20H36N2O4. The molecule has 2 aliphatic rings. The minimum Gasteiger partial charge on any atom is -0.466 e. The predicted octanol–water partition coefficient (Wildman–Crippen LogP) is 2.32. The van der Waals surface area contributed by atoms with Crippen molar-refractivity contribution >= 4 is 11.9 Å². The molecule has 0 atom stereocenters. The van der Waals surface area contributed by atoms with Gasteiger partial charge in [0, 0.05) is 26.2 Å². The fourth-order valence-electron chi connectivity index (χ4n) is 3.97. The fourth-order valence-corrected chi connectivity index (χ4v) is 3.97. The van der Waals surface area contributed by atoms with Gasteiger partial charge < -0.3 is 14.4 Å². The number of amides is 1. The van der Waals surface area contributed by atoms with Crippen molar-refractivity contribution in [2.45, 2.75) is 60.0 Å². The van der Waals surface area contributed by atoms with Gasteiger partial charge in [-0.05, 0) is 52.9 Å². The summed E-state index contributed by atoms with van der Waals surface area (Å²) in [4.78, 5) is 29.2. The van der Waals surface area contributed by atoms with E-state index < -0.39 is 5.41 Å². The van der Waals surface area contributed by atoms with Crippen molar-refractivity contribution in [2.75, 3.05) is 45.9 Å². The molecule has 2 fully saturated rings. The number of morpholine rings is 1. The molecule has 0 aromatic heterocycles. The molecule has 0 aliphatic carbocycles. The maximum atomic E-state index is 12.7. The van der Waals surface area contributed by atoms with Crippen LogP contribution in [0.1, 0.15) is 54.4 Å². The van der Waals surface area contributed by atoms with Gasteiger partial charge in [0.05, 0.1) is 30.8 Å². The second-order valence-electron chi connectivity index (χ2n) is 9.11. The van der Waals surface area contributed by atoms with E-state index in [2.05, 4.69) is 25.7 Å². The van der Waals surface area contributed by atoms with Crippen molar-refractivity contribution in [3.8, 4) is 0 Å². The smallest absolute Gasteiger partial charge is 0.312 e. The van der Waals surface area contributed by atoms with Gasteiger partial charge in [0.1, 0.15) is 0 Å². The summed E-state index contributed by atoms with van der Waals surface area (Å²) >= 11 is 0. The Morgan fingerprint density at radius 2 is 1.73 bits per heavy atom. The summed E-state index contributed by atoms with van der Waals surface area (Å²) < 4.78 is 11.0. The van der Waals surface area contributed by atoms with E-state index in [-0.39, 0.29) is 22.9 Å². The minimum atomic E-state index is -0.549. The first kappa shape index (κ1) is 21.2. The summed E-state index contributed by atoms with van der Waals surface area (Å²) in [5.41, 5.74) is -0.897. The van der Waals surface area contributed by atoms with Gasteiger partial charge in [-0.25, -0.2) is 0 Å². The van der Waals surface area contributed by atoms with Crippen LogP contribution in [0.4, 0.5) is 0 Å². The maximum Gasteiger partial charge on any atom is 0.312 e. The molecule has 0 unspecified atom stereocenters. The fraction of sp³-hybridized carbons (Fsp3) is 0.900. The quantitative estimate of drug-likeness (QED) is 0.697. The Kier molecular flexibility index (Phi) is 6.39. The zero-order valence-electron chi connectivity index (χ0n) is 17.4. The van der Waals surface area contributed by atoms with Gasteiger partial charge in [-0.2, -0.15) is 0 Å². The Bertz CT molecular complexity index is 522. The number of nitrogens with zero attached hydrogens (tertiary/aromatic N) is 2. The summed E-state index contributed by atoms with van der Waals surface area (Å²) in [5.74, 6) is 0.0384. The summed E-state index contributed by atoms with van der Waals surface area (Å²) in [6.45, 7) is 16.6. The lowest BCUT2D eigenvalue weighted by molar-refractivity contribution is -0.164. The number of carbonyl (C=O) groups is 2. The van der Waals surface area contributed by atoms with E-state index in [0.29, 0.717) is 32.8 Å². The molecule has 0 bridgehead atoms. The second kappa shape index (κ2) is 7.85. The highest BCUT2D eigenvalue weighted by atomic mass is 16.5. The highest BCUT2D eigenvalue weighted by Crippen LogP contribution is 2.47. The lowest BCUT2D eigenvalue weighted by Gasteiger charge is -2.48. The highest BCUT2D eigenvalue weighted by Gasteiger charge is 2.49. The van der Waals surface area contributed by atoms with Gasteiger partial charge in [-0.15, -0.1) is 0 Å². The molecule has 0 aromatic rings. The van der Waals surface area contributed by atoms with Crippen molar-refractivity contribution in [3.05, 3.63) is 0 Å². The van der Waals surface area contributed by atoms with E-state index in [9.17, 15) is 9.59 Å². The lowest BCUT2D eigenvalue weighted by Crippen LogP contribution is -2.54. The SMILES string of the molecule is CCOC(=O)C(C)(C)C1(C)CCN(C(=O)CN2CCOC(C)(C)C2)CC1. The summed E-state index contributed by atoms with van der Waals surface area (Å²) in [5, 5.41) is 0. The van der Waals surface area contributed by atoms with Crippen LogP contribution in [-0.2, 0) is 19.1 Å². The highest BCUT2D eigenvalue weighted by molar-refractivity contribution is 5.79. The van der Waals surface area contributed by atoms with E-state index in [0.717, 1.165) is 25.9 Å². The van der Waals surface area contributed by atoms with Crippen LogP contribution >= 0.6 is 0 Å². The Labute approximate surface area is 158 Å². The molecule has 6 heteroatoms. The zero-order valence-corrected chi connectivity index (χ0v) is 17.4. The van der Waals surface area contributed by atoms with Gasteiger partial charge >= 0.3 is 5.97 Å². The van der Waals surface area contributed by atoms with Crippen molar-refractivity contribution in [1.82, 2.24) is 9.80 Å². The predicted molar refractivity (Wildman–Crippen MR) is 101 cm³/mol. The molecule has 0 saturated carbocycles. The van der Waals surface area contributed by atoms with Crippen LogP contribution in [0.3, 0.4) is 0 Å². The number of esters is 1. The van der Waals surface area contributed by atoms with Crippen molar-refractivity contribution in [2.24, 2.45) is 10.8 Å². The molecule has 0 aromatic carbocycles. The molecule has 26 heavy (non-hydrogen) atoms. The molecular weight excluding hydrogens is 332 g/mol. The van der Waals surface area contributed by atoms with Gasteiger partial charge in [-0.3, -0.25) is 14.5 Å². The number of hydrogen-bond acceptors (Lipinski definition) is 5. The van der Waals surface area contributed by atoms with Crippen LogP contribution in [0, 0.1) is 10.8 Å². The maximum absolute atomic E-state index is 12.7. The molecule has 0 N–H and O–H groups in total.